The van der Waals surface area contributed by atoms with Crippen molar-refractivity contribution in [2.45, 2.75) is 529 Å². The van der Waals surface area contributed by atoms with Crippen molar-refractivity contribution in [3.63, 3.8) is 0 Å². The smallest absolute Gasteiger partial charge is 0.462 e. The van der Waals surface area contributed by atoms with Gasteiger partial charge < -0.3 is 33.8 Å². The first kappa shape index (κ1) is 111. The molecule has 3 unspecified atom stereocenters. The molecule has 0 aliphatic rings. The maximum atomic E-state index is 13.2. The molecule has 19 heteroatoms. The van der Waals surface area contributed by atoms with Gasteiger partial charge >= 0.3 is 39.5 Å². The third kappa shape index (κ3) is 86.3. The van der Waals surface area contributed by atoms with Gasteiger partial charge in [-0.15, -0.1) is 0 Å². The predicted octanol–water partition coefficient (Wildman–Crippen LogP) is 29.4. The van der Waals surface area contributed by atoms with Crippen molar-refractivity contribution in [3.05, 3.63) is 0 Å². The minimum absolute atomic E-state index is 0.109. The minimum atomic E-state index is -4.97. The van der Waals surface area contributed by atoms with Gasteiger partial charge in [-0.25, -0.2) is 9.13 Å². The average molecular weight is 1650 g/mol. The number of phosphoric ester groups is 2. The molecule has 0 fully saturated rings. The summed E-state index contributed by atoms with van der Waals surface area (Å²) in [4.78, 5) is 73.4. The minimum Gasteiger partial charge on any atom is -0.462 e. The van der Waals surface area contributed by atoms with Crippen LogP contribution in [0, 0.1) is 11.8 Å². The zero-order valence-electron chi connectivity index (χ0n) is 74.7. The third-order valence-corrected chi connectivity index (χ3v) is 24.5. The van der Waals surface area contributed by atoms with E-state index < -0.39 is 97.5 Å². The first-order chi connectivity index (χ1) is 54.9. The average Bonchev–Trinajstić information content (AvgIpc) is 0.897. The molecular weight excluding hydrogens is 1460 g/mol. The van der Waals surface area contributed by atoms with Crippen LogP contribution in [-0.4, -0.2) is 96.7 Å². The number of aliphatic hydroxyl groups excluding tert-OH is 1. The van der Waals surface area contributed by atoms with Crippen molar-refractivity contribution in [1.82, 2.24) is 0 Å². The van der Waals surface area contributed by atoms with E-state index >= 15 is 0 Å². The van der Waals surface area contributed by atoms with E-state index in [0.717, 1.165) is 108 Å². The van der Waals surface area contributed by atoms with E-state index in [4.69, 9.17) is 37.0 Å². The molecule has 3 N–H and O–H groups in total. The van der Waals surface area contributed by atoms with E-state index in [0.29, 0.717) is 25.7 Å². The molecule has 0 aromatic carbocycles. The lowest BCUT2D eigenvalue weighted by molar-refractivity contribution is -0.161. The molecule has 0 radical (unpaired) electrons. The van der Waals surface area contributed by atoms with Gasteiger partial charge in [-0.2, -0.15) is 0 Å². The number of hydrogen-bond donors (Lipinski definition) is 3. The second-order valence-corrected chi connectivity index (χ2v) is 37.4. The van der Waals surface area contributed by atoms with Crippen LogP contribution in [0.15, 0.2) is 0 Å². The number of rotatable bonds is 93. The monoisotopic (exact) mass is 1650 g/mol. The largest absolute Gasteiger partial charge is 0.472 e. The Labute approximate surface area is 696 Å². The van der Waals surface area contributed by atoms with Gasteiger partial charge in [-0.05, 0) is 37.5 Å². The molecule has 17 nitrogen and oxygen atoms in total. The molecule has 0 saturated carbocycles. The molecule has 0 aromatic rings. The number of phosphoric acid groups is 2. The van der Waals surface area contributed by atoms with E-state index in [-0.39, 0.29) is 25.7 Å². The zero-order chi connectivity index (χ0) is 82.7. The van der Waals surface area contributed by atoms with E-state index in [2.05, 4.69) is 41.5 Å². The fraction of sp³-hybridized carbons (Fsp3) is 0.957. The zero-order valence-corrected chi connectivity index (χ0v) is 76.5. The summed E-state index contributed by atoms with van der Waals surface area (Å²) in [5.41, 5.74) is 0. The van der Waals surface area contributed by atoms with Crippen LogP contribution >= 0.6 is 15.6 Å². The molecule has 6 atom stereocenters. The quantitative estimate of drug-likeness (QED) is 0.0222. The molecule has 0 aliphatic carbocycles. The highest BCUT2D eigenvalue weighted by molar-refractivity contribution is 7.47. The van der Waals surface area contributed by atoms with Gasteiger partial charge in [-0.1, -0.05) is 459 Å². The fourth-order valence-corrected chi connectivity index (χ4v) is 16.4. The molecule has 0 amide bonds. The van der Waals surface area contributed by atoms with Gasteiger partial charge in [0.15, 0.2) is 12.2 Å². The van der Waals surface area contributed by atoms with Gasteiger partial charge in [0.25, 0.3) is 0 Å². The number of carbonyl (C=O) groups excluding carboxylic acids is 4. The van der Waals surface area contributed by atoms with E-state index in [1.807, 2.05) is 0 Å². The van der Waals surface area contributed by atoms with Crippen molar-refractivity contribution in [2.24, 2.45) is 11.8 Å². The molecular formula is C94H184O17P2. The first-order valence-electron chi connectivity index (χ1n) is 48.5. The Hall–Kier alpha value is -1.94. The summed E-state index contributed by atoms with van der Waals surface area (Å²) < 4.78 is 69.0. The number of carbonyl (C=O) groups is 4. The molecule has 0 aliphatic heterocycles. The van der Waals surface area contributed by atoms with Crippen molar-refractivity contribution >= 4 is 39.5 Å². The topological polar surface area (TPSA) is 237 Å². The molecule has 0 aromatic heterocycles. The summed E-state index contributed by atoms with van der Waals surface area (Å²) in [6.45, 7) is 9.79. The Bertz CT molecular complexity index is 2150. The highest BCUT2D eigenvalue weighted by Gasteiger charge is 2.31. The summed E-state index contributed by atoms with van der Waals surface area (Å²) >= 11 is 0. The van der Waals surface area contributed by atoms with Gasteiger partial charge in [0.2, 0.25) is 0 Å². The van der Waals surface area contributed by atoms with E-state index in [1.54, 1.807) is 0 Å². The standard InChI is InChI=1S/C94H184O17P2/c1-7-10-12-14-16-18-19-20-21-22-23-24-25-26-33-38-43-48-53-59-65-71-77-92(97)105-83-90(111-94(99)79-73-67-61-55-50-45-40-35-30-28-32-37-42-47-52-57-63-69-75-87(6)9-3)85-109-113(102,103)107-81-88(95)80-106-112(100,101)108-84-89(82-104-91(96)76-70-64-58-17-15-13-11-8-2)110-93(98)78-72-66-60-54-49-44-39-34-29-27-31-36-41-46-51-56-62-68-74-86(4)5/h86-90,95H,7-85H2,1-6H3,(H,100,101)(H,102,103)/t87?,88-,89+,90+/m0/s1. The van der Waals surface area contributed by atoms with Crippen LogP contribution < -0.4 is 0 Å². The number of esters is 4. The van der Waals surface area contributed by atoms with Gasteiger partial charge in [0.05, 0.1) is 26.4 Å². The van der Waals surface area contributed by atoms with Crippen LogP contribution in [0.5, 0.6) is 0 Å². The highest BCUT2D eigenvalue weighted by Crippen LogP contribution is 2.45. The van der Waals surface area contributed by atoms with Crippen molar-refractivity contribution in [1.29, 1.82) is 0 Å². The maximum Gasteiger partial charge on any atom is 0.472 e. The van der Waals surface area contributed by atoms with E-state index in [1.165, 1.54) is 321 Å². The number of aliphatic hydroxyl groups is 1. The molecule has 0 saturated heterocycles. The number of ether oxygens (including phenoxy) is 4. The summed E-state index contributed by atoms with van der Waals surface area (Å²) in [5, 5.41) is 10.7. The third-order valence-electron chi connectivity index (χ3n) is 22.6. The Kier molecular flexibility index (Phi) is 83.6. The molecule has 0 rings (SSSR count). The Morgan fingerprint density at radius 2 is 0.451 bits per heavy atom. The Morgan fingerprint density at radius 3 is 0.673 bits per heavy atom. The lowest BCUT2D eigenvalue weighted by atomic mass is 9.99. The van der Waals surface area contributed by atoms with Gasteiger partial charge in [0.1, 0.15) is 19.3 Å². The van der Waals surface area contributed by atoms with Crippen LogP contribution in [0.1, 0.15) is 510 Å². The fourth-order valence-electron chi connectivity index (χ4n) is 14.8. The predicted molar refractivity (Wildman–Crippen MR) is 469 cm³/mol. The summed E-state index contributed by atoms with van der Waals surface area (Å²) in [6, 6.07) is 0. The molecule has 0 spiro atoms. The SMILES string of the molecule is CCCCCCCCCCCCCCCCCCCCCCCCC(=O)OC[C@H](COP(=O)(O)OC[C@@H](O)COP(=O)(O)OC[C@@H](COC(=O)CCCCCCCCCC)OC(=O)CCCCCCCCCCCCCCCCCCCCC(C)C)OC(=O)CCCCCCCCCCCCCCCCCCCCC(C)CC. The summed E-state index contributed by atoms with van der Waals surface area (Å²) in [7, 11) is -9.93. The molecule has 0 heterocycles. The number of hydrogen-bond acceptors (Lipinski definition) is 15. The first-order valence-corrected chi connectivity index (χ1v) is 51.5. The number of unbranched alkanes of at least 4 members (excludes halogenated alkanes) is 62. The van der Waals surface area contributed by atoms with Gasteiger partial charge in [-0.3, -0.25) is 37.3 Å². The summed E-state index contributed by atoms with van der Waals surface area (Å²) in [6.07, 6.45) is 80.9. The lowest BCUT2D eigenvalue weighted by Crippen LogP contribution is -2.30. The van der Waals surface area contributed by atoms with Crippen molar-refractivity contribution < 1.29 is 80.2 Å². The second-order valence-electron chi connectivity index (χ2n) is 34.5. The van der Waals surface area contributed by atoms with Crippen molar-refractivity contribution in [3.8, 4) is 0 Å². The van der Waals surface area contributed by atoms with E-state index in [9.17, 15) is 43.2 Å². The Balaban J connectivity index is 5.15. The van der Waals surface area contributed by atoms with Crippen LogP contribution in [0.25, 0.3) is 0 Å². The van der Waals surface area contributed by atoms with Crippen molar-refractivity contribution in [2.75, 3.05) is 39.6 Å². The lowest BCUT2D eigenvalue weighted by Gasteiger charge is -2.21. The van der Waals surface area contributed by atoms with Crippen LogP contribution in [0.3, 0.4) is 0 Å². The van der Waals surface area contributed by atoms with Crippen LogP contribution in [0.2, 0.25) is 0 Å². The molecule has 672 valence electrons. The second kappa shape index (κ2) is 85.1. The summed E-state index contributed by atoms with van der Waals surface area (Å²) in [5.74, 6) is -0.405. The van der Waals surface area contributed by atoms with Crippen LogP contribution in [-0.2, 0) is 65.4 Å². The van der Waals surface area contributed by atoms with Crippen LogP contribution in [0.4, 0.5) is 0 Å². The molecule has 0 bridgehead atoms. The highest BCUT2D eigenvalue weighted by atomic mass is 31.2. The normalized spacial score (nSPS) is 13.9. The maximum absolute atomic E-state index is 13.2. The molecule has 113 heavy (non-hydrogen) atoms. The van der Waals surface area contributed by atoms with Gasteiger partial charge in [0, 0.05) is 25.7 Å². The Morgan fingerprint density at radius 1 is 0.257 bits per heavy atom.